The fraction of sp³-hybridized carbons (Fsp3) is 0.643. The molecule has 19 heavy (non-hydrogen) atoms. The highest BCUT2D eigenvalue weighted by atomic mass is 16.1. The minimum absolute atomic E-state index is 0.101. The van der Waals surface area contributed by atoms with Crippen LogP contribution in [0.3, 0.4) is 0 Å². The Morgan fingerprint density at radius 1 is 1.53 bits per heavy atom. The number of aromatic nitrogens is 2. The maximum atomic E-state index is 11.8. The summed E-state index contributed by atoms with van der Waals surface area (Å²) >= 11 is 0. The van der Waals surface area contributed by atoms with Crippen molar-refractivity contribution in [3.8, 4) is 0 Å². The Hall–Kier alpha value is -1.49. The molecule has 0 bridgehead atoms. The predicted molar refractivity (Wildman–Crippen MR) is 73.5 cm³/mol. The number of piperidine rings is 1. The zero-order valence-corrected chi connectivity index (χ0v) is 11.5. The van der Waals surface area contributed by atoms with Crippen LogP contribution in [0.5, 0.6) is 0 Å². The maximum Gasteiger partial charge on any atom is 0.220 e. The van der Waals surface area contributed by atoms with Gasteiger partial charge in [0.05, 0.1) is 12.2 Å². The monoisotopic (exact) mass is 262 g/mol. The highest BCUT2D eigenvalue weighted by Gasteiger charge is 2.13. The first kappa shape index (κ1) is 13.9. The molecule has 0 aromatic carbocycles. The number of nitrogens with zero attached hydrogens (tertiary/aromatic N) is 2. The summed E-state index contributed by atoms with van der Waals surface area (Å²) in [6.45, 7) is 3.42. The second-order valence-electron chi connectivity index (χ2n) is 5.06. The molecular weight excluding hydrogens is 240 g/mol. The molecule has 2 rings (SSSR count). The first-order valence-corrected chi connectivity index (χ1v) is 7.02. The van der Waals surface area contributed by atoms with Crippen LogP contribution in [0, 0.1) is 6.92 Å². The molecule has 1 atom stereocenters. The first-order chi connectivity index (χ1) is 9.24. The van der Waals surface area contributed by atoms with Gasteiger partial charge in [-0.15, -0.1) is 0 Å². The number of hydrogen-bond donors (Lipinski definition) is 2. The van der Waals surface area contributed by atoms with Crippen LogP contribution in [0.4, 0.5) is 0 Å². The molecule has 1 unspecified atom stereocenters. The minimum Gasteiger partial charge on any atom is -0.350 e. The molecule has 1 aliphatic heterocycles. The van der Waals surface area contributed by atoms with Gasteiger partial charge in [-0.25, -0.2) is 9.97 Å². The summed E-state index contributed by atoms with van der Waals surface area (Å²) < 4.78 is 0. The third-order valence-electron chi connectivity index (χ3n) is 3.43. The normalized spacial score (nSPS) is 19.1. The van der Waals surface area contributed by atoms with E-state index in [4.69, 9.17) is 0 Å². The third-order valence-corrected chi connectivity index (χ3v) is 3.43. The first-order valence-electron chi connectivity index (χ1n) is 7.02. The van der Waals surface area contributed by atoms with Gasteiger partial charge in [0.15, 0.2) is 0 Å². The number of carbonyl (C=O) groups is 1. The van der Waals surface area contributed by atoms with Crippen LogP contribution in [0.15, 0.2) is 12.3 Å². The van der Waals surface area contributed by atoms with Gasteiger partial charge in [-0.2, -0.15) is 0 Å². The van der Waals surface area contributed by atoms with E-state index in [1.165, 1.54) is 19.3 Å². The largest absolute Gasteiger partial charge is 0.350 e. The van der Waals surface area contributed by atoms with E-state index in [9.17, 15) is 4.79 Å². The standard InChI is InChI=1S/C14H22N4O/c1-11-15-9-7-13(18-11)10-17-14(19)6-5-12-4-2-3-8-16-12/h7,9,12,16H,2-6,8,10H2,1H3,(H,17,19). The van der Waals surface area contributed by atoms with E-state index in [-0.39, 0.29) is 5.91 Å². The van der Waals surface area contributed by atoms with Crippen molar-refractivity contribution in [1.82, 2.24) is 20.6 Å². The van der Waals surface area contributed by atoms with Gasteiger partial charge in [0.25, 0.3) is 0 Å². The zero-order valence-electron chi connectivity index (χ0n) is 11.5. The molecule has 1 amide bonds. The van der Waals surface area contributed by atoms with Crippen molar-refractivity contribution in [2.45, 2.75) is 51.6 Å². The fourth-order valence-electron chi connectivity index (χ4n) is 2.36. The van der Waals surface area contributed by atoms with E-state index in [1.807, 2.05) is 13.0 Å². The molecule has 2 heterocycles. The molecule has 1 fully saturated rings. The van der Waals surface area contributed by atoms with Gasteiger partial charge >= 0.3 is 0 Å². The molecule has 2 N–H and O–H groups in total. The number of aryl methyl sites for hydroxylation is 1. The van der Waals surface area contributed by atoms with E-state index >= 15 is 0 Å². The Bertz CT molecular complexity index is 416. The van der Waals surface area contributed by atoms with Crippen molar-refractivity contribution in [2.24, 2.45) is 0 Å². The van der Waals surface area contributed by atoms with Crippen LogP contribution in [0.1, 0.15) is 43.6 Å². The Balaban J connectivity index is 1.66. The number of carbonyl (C=O) groups excluding carboxylic acids is 1. The van der Waals surface area contributed by atoms with Crippen molar-refractivity contribution < 1.29 is 4.79 Å². The molecule has 1 aliphatic rings. The van der Waals surface area contributed by atoms with E-state index in [0.717, 1.165) is 24.5 Å². The van der Waals surface area contributed by atoms with Gasteiger partial charge in [-0.05, 0) is 38.8 Å². The van der Waals surface area contributed by atoms with Gasteiger partial charge in [-0.3, -0.25) is 4.79 Å². The van der Waals surface area contributed by atoms with Gasteiger partial charge < -0.3 is 10.6 Å². The van der Waals surface area contributed by atoms with Crippen LogP contribution in [0.25, 0.3) is 0 Å². The van der Waals surface area contributed by atoms with E-state index in [1.54, 1.807) is 6.20 Å². The molecule has 104 valence electrons. The summed E-state index contributed by atoms with van der Waals surface area (Å²) in [4.78, 5) is 20.1. The van der Waals surface area contributed by atoms with Crippen molar-refractivity contribution >= 4 is 5.91 Å². The number of amides is 1. The minimum atomic E-state index is 0.101. The Morgan fingerprint density at radius 2 is 2.42 bits per heavy atom. The molecule has 0 radical (unpaired) electrons. The third kappa shape index (κ3) is 4.95. The lowest BCUT2D eigenvalue weighted by Crippen LogP contribution is -2.35. The summed E-state index contributed by atoms with van der Waals surface area (Å²) in [6, 6.07) is 2.34. The second-order valence-corrected chi connectivity index (χ2v) is 5.06. The molecular formula is C14H22N4O. The topological polar surface area (TPSA) is 66.9 Å². The number of nitrogens with one attached hydrogen (secondary N) is 2. The van der Waals surface area contributed by atoms with Crippen LogP contribution < -0.4 is 10.6 Å². The lowest BCUT2D eigenvalue weighted by atomic mass is 10.0. The lowest BCUT2D eigenvalue weighted by molar-refractivity contribution is -0.121. The molecule has 0 saturated carbocycles. The molecule has 1 saturated heterocycles. The summed E-state index contributed by atoms with van der Waals surface area (Å²) in [7, 11) is 0. The van der Waals surface area contributed by atoms with Gasteiger partial charge in [0, 0.05) is 18.7 Å². The summed E-state index contributed by atoms with van der Waals surface area (Å²) in [5.41, 5.74) is 0.858. The Morgan fingerprint density at radius 3 is 3.16 bits per heavy atom. The Kier molecular flexibility index (Phi) is 5.27. The molecule has 5 nitrogen and oxygen atoms in total. The van der Waals surface area contributed by atoms with Crippen molar-refractivity contribution in [3.63, 3.8) is 0 Å². The summed E-state index contributed by atoms with van der Waals surface area (Å²) in [6.07, 6.45) is 6.96. The van der Waals surface area contributed by atoms with Crippen LogP contribution in [-0.2, 0) is 11.3 Å². The summed E-state index contributed by atoms with van der Waals surface area (Å²) in [5.74, 6) is 0.835. The number of hydrogen-bond acceptors (Lipinski definition) is 4. The lowest BCUT2D eigenvalue weighted by Gasteiger charge is -2.23. The average molecular weight is 262 g/mol. The van der Waals surface area contributed by atoms with Crippen molar-refractivity contribution in [3.05, 3.63) is 23.8 Å². The van der Waals surface area contributed by atoms with E-state index < -0.39 is 0 Å². The van der Waals surface area contributed by atoms with Crippen LogP contribution in [-0.4, -0.2) is 28.5 Å². The van der Waals surface area contributed by atoms with E-state index in [2.05, 4.69) is 20.6 Å². The number of rotatable bonds is 5. The smallest absolute Gasteiger partial charge is 0.220 e. The second kappa shape index (κ2) is 7.19. The highest BCUT2D eigenvalue weighted by molar-refractivity contribution is 5.75. The van der Waals surface area contributed by atoms with Crippen LogP contribution >= 0.6 is 0 Å². The summed E-state index contributed by atoms with van der Waals surface area (Å²) in [5, 5.41) is 6.36. The predicted octanol–water partition coefficient (Wildman–Crippen LogP) is 1.32. The Labute approximate surface area is 114 Å². The van der Waals surface area contributed by atoms with Gasteiger partial charge in [-0.1, -0.05) is 6.42 Å². The van der Waals surface area contributed by atoms with E-state index in [0.29, 0.717) is 19.0 Å². The van der Waals surface area contributed by atoms with Gasteiger partial charge in [0.1, 0.15) is 5.82 Å². The SMILES string of the molecule is Cc1nccc(CNC(=O)CCC2CCCCN2)n1. The fourth-order valence-corrected chi connectivity index (χ4v) is 2.36. The molecule has 1 aromatic rings. The highest BCUT2D eigenvalue weighted by Crippen LogP contribution is 2.11. The molecule has 0 spiro atoms. The molecule has 0 aliphatic carbocycles. The van der Waals surface area contributed by atoms with Crippen molar-refractivity contribution in [1.29, 1.82) is 0 Å². The molecule has 5 heteroatoms. The maximum absolute atomic E-state index is 11.8. The van der Waals surface area contributed by atoms with Gasteiger partial charge in [0.2, 0.25) is 5.91 Å². The quantitative estimate of drug-likeness (QED) is 0.840. The average Bonchev–Trinajstić information content (AvgIpc) is 2.44. The van der Waals surface area contributed by atoms with Crippen molar-refractivity contribution in [2.75, 3.05) is 6.54 Å². The van der Waals surface area contributed by atoms with Crippen LogP contribution in [0.2, 0.25) is 0 Å². The molecule has 1 aromatic heterocycles. The zero-order chi connectivity index (χ0) is 13.5.